The summed E-state index contributed by atoms with van der Waals surface area (Å²) >= 11 is 0. The topological polar surface area (TPSA) is 39.3 Å². The number of carbonyl (C=O) groups is 1. The van der Waals surface area contributed by atoms with Crippen molar-refractivity contribution in [3.05, 3.63) is 23.0 Å². The molecule has 0 aliphatic carbocycles. The monoisotopic (exact) mass is 277 g/mol. The fourth-order valence-electron chi connectivity index (χ4n) is 2.95. The number of aromatic nitrogens is 1. The van der Waals surface area contributed by atoms with E-state index in [2.05, 4.69) is 23.7 Å². The second-order valence-corrected chi connectivity index (χ2v) is 5.60. The number of H-pyrrole nitrogens is 1. The first-order valence-electron chi connectivity index (χ1n) is 7.85. The van der Waals surface area contributed by atoms with Crippen LogP contribution in [0.15, 0.2) is 6.20 Å². The van der Waals surface area contributed by atoms with Gasteiger partial charge in [-0.1, -0.05) is 13.8 Å². The molecule has 1 amide bonds. The van der Waals surface area contributed by atoms with E-state index in [-0.39, 0.29) is 5.91 Å². The average Bonchev–Trinajstić information content (AvgIpc) is 2.80. The number of nitrogens with zero attached hydrogens (tertiary/aromatic N) is 2. The van der Waals surface area contributed by atoms with Crippen LogP contribution in [0.1, 0.15) is 48.3 Å². The zero-order valence-electron chi connectivity index (χ0n) is 13.0. The number of aryl methyl sites for hydroxylation is 2. The van der Waals surface area contributed by atoms with Crippen molar-refractivity contribution in [2.45, 2.75) is 40.0 Å². The molecule has 112 valence electrons. The molecular weight excluding hydrogens is 250 g/mol. The molecule has 0 bridgehead atoms. The molecule has 20 heavy (non-hydrogen) atoms. The lowest BCUT2D eigenvalue weighted by molar-refractivity contribution is 0.0728. The molecule has 0 unspecified atom stereocenters. The maximum absolute atomic E-state index is 12.7. The molecule has 0 aromatic carbocycles. The molecular formula is C16H27N3O. The molecule has 1 aromatic rings. The minimum Gasteiger partial charge on any atom is -0.364 e. The molecule has 1 aromatic heterocycles. The van der Waals surface area contributed by atoms with Gasteiger partial charge in [0.25, 0.3) is 5.91 Å². The van der Waals surface area contributed by atoms with Gasteiger partial charge < -0.3 is 14.8 Å². The summed E-state index contributed by atoms with van der Waals surface area (Å²) in [5.74, 6) is 0.214. The van der Waals surface area contributed by atoms with E-state index in [1.165, 1.54) is 0 Å². The minimum absolute atomic E-state index is 0.214. The minimum atomic E-state index is 0.214. The molecule has 0 atom stereocenters. The zero-order chi connectivity index (χ0) is 14.5. The summed E-state index contributed by atoms with van der Waals surface area (Å²) in [6.07, 6.45) is 5.22. The SMILES string of the molecule is CCN(CC)CCN1CCCCc2[nH]cc(C)c2C1=O. The molecule has 0 radical (unpaired) electrons. The number of likely N-dealkylation sites (N-methyl/N-ethyl adjacent to an activating group) is 1. The number of nitrogens with one attached hydrogen (secondary N) is 1. The molecule has 0 saturated carbocycles. The highest BCUT2D eigenvalue weighted by Gasteiger charge is 2.24. The van der Waals surface area contributed by atoms with Crippen LogP contribution in [0.5, 0.6) is 0 Å². The normalized spacial score (nSPS) is 16.2. The van der Waals surface area contributed by atoms with Gasteiger partial charge in [-0.05, 0) is 44.8 Å². The summed E-state index contributed by atoms with van der Waals surface area (Å²) < 4.78 is 0. The molecule has 1 aliphatic rings. The van der Waals surface area contributed by atoms with E-state index in [0.29, 0.717) is 0 Å². The van der Waals surface area contributed by atoms with Crippen LogP contribution in [-0.4, -0.2) is 53.4 Å². The van der Waals surface area contributed by atoms with Crippen molar-refractivity contribution in [3.63, 3.8) is 0 Å². The van der Waals surface area contributed by atoms with E-state index in [9.17, 15) is 4.79 Å². The molecule has 4 heteroatoms. The molecule has 2 rings (SSSR count). The molecule has 1 N–H and O–H groups in total. The molecule has 2 heterocycles. The second kappa shape index (κ2) is 6.93. The maximum atomic E-state index is 12.7. The van der Waals surface area contributed by atoms with Crippen molar-refractivity contribution in [1.29, 1.82) is 0 Å². The number of fused-ring (bicyclic) bond motifs is 1. The van der Waals surface area contributed by atoms with E-state index < -0.39 is 0 Å². The summed E-state index contributed by atoms with van der Waals surface area (Å²) in [6.45, 7) is 11.2. The summed E-state index contributed by atoms with van der Waals surface area (Å²) in [6, 6.07) is 0. The Balaban J connectivity index is 2.10. The van der Waals surface area contributed by atoms with Crippen LogP contribution in [0.4, 0.5) is 0 Å². The third-order valence-electron chi connectivity index (χ3n) is 4.35. The Labute approximate surface area is 122 Å². The fourth-order valence-corrected chi connectivity index (χ4v) is 2.95. The van der Waals surface area contributed by atoms with Crippen LogP contribution in [0.25, 0.3) is 0 Å². The Morgan fingerprint density at radius 1 is 1.30 bits per heavy atom. The van der Waals surface area contributed by atoms with E-state index >= 15 is 0 Å². The quantitative estimate of drug-likeness (QED) is 0.898. The van der Waals surface area contributed by atoms with Crippen LogP contribution < -0.4 is 0 Å². The number of rotatable bonds is 5. The third-order valence-corrected chi connectivity index (χ3v) is 4.35. The lowest BCUT2D eigenvalue weighted by atomic mass is 10.0. The van der Waals surface area contributed by atoms with Gasteiger partial charge in [0.05, 0.1) is 5.56 Å². The molecule has 4 nitrogen and oxygen atoms in total. The summed E-state index contributed by atoms with van der Waals surface area (Å²) in [7, 11) is 0. The first kappa shape index (κ1) is 15.1. The van der Waals surface area contributed by atoms with Crippen molar-refractivity contribution in [2.24, 2.45) is 0 Å². The van der Waals surface area contributed by atoms with E-state index in [0.717, 1.165) is 68.8 Å². The van der Waals surface area contributed by atoms with Crippen molar-refractivity contribution < 1.29 is 4.79 Å². The van der Waals surface area contributed by atoms with Gasteiger partial charge in [-0.3, -0.25) is 4.79 Å². The largest absolute Gasteiger partial charge is 0.364 e. The first-order chi connectivity index (χ1) is 9.67. The smallest absolute Gasteiger partial charge is 0.255 e. The third kappa shape index (κ3) is 3.23. The first-order valence-corrected chi connectivity index (χ1v) is 7.85. The molecule has 0 spiro atoms. The fraction of sp³-hybridized carbons (Fsp3) is 0.688. The van der Waals surface area contributed by atoms with Gasteiger partial charge in [-0.15, -0.1) is 0 Å². The van der Waals surface area contributed by atoms with E-state index in [1.807, 2.05) is 18.0 Å². The average molecular weight is 277 g/mol. The lowest BCUT2D eigenvalue weighted by Crippen LogP contribution is -2.40. The van der Waals surface area contributed by atoms with Crippen molar-refractivity contribution in [1.82, 2.24) is 14.8 Å². The van der Waals surface area contributed by atoms with Crippen LogP contribution in [0.3, 0.4) is 0 Å². The van der Waals surface area contributed by atoms with Gasteiger partial charge in [-0.2, -0.15) is 0 Å². The molecule has 0 saturated heterocycles. The predicted octanol–water partition coefficient (Wildman–Crippen LogP) is 2.44. The van der Waals surface area contributed by atoms with Gasteiger partial charge in [0.2, 0.25) is 0 Å². The van der Waals surface area contributed by atoms with E-state index in [1.54, 1.807) is 0 Å². The van der Waals surface area contributed by atoms with Crippen molar-refractivity contribution in [2.75, 3.05) is 32.7 Å². The Kier molecular flexibility index (Phi) is 5.24. The number of carbonyl (C=O) groups excluding carboxylic acids is 1. The highest BCUT2D eigenvalue weighted by molar-refractivity contribution is 5.97. The van der Waals surface area contributed by atoms with Crippen LogP contribution in [-0.2, 0) is 6.42 Å². The number of aromatic amines is 1. The highest BCUT2D eigenvalue weighted by Crippen LogP contribution is 2.20. The standard InChI is InChI=1S/C16H27N3O/c1-4-18(5-2)10-11-19-9-7-6-8-14-15(16(19)20)13(3)12-17-14/h12,17H,4-11H2,1-3H3. The zero-order valence-corrected chi connectivity index (χ0v) is 13.0. The van der Waals surface area contributed by atoms with Crippen molar-refractivity contribution in [3.8, 4) is 0 Å². The number of hydrogen-bond donors (Lipinski definition) is 1. The number of amides is 1. The van der Waals surface area contributed by atoms with Gasteiger partial charge >= 0.3 is 0 Å². The maximum Gasteiger partial charge on any atom is 0.255 e. The van der Waals surface area contributed by atoms with Gasteiger partial charge in [-0.25, -0.2) is 0 Å². The van der Waals surface area contributed by atoms with Crippen LogP contribution in [0, 0.1) is 6.92 Å². The molecule has 1 aliphatic heterocycles. The second-order valence-electron chi connectivity index (χ2n) is 5.60. The Morgan fingerprint density at radius 2 is 2.05 bits per heavy atom. The lowest BCUT2D eigenvalue weighted by Gasteiger charge is -2.28. The molecule has 0 fully saturated rings. The predicted molar refractivity (Wildman–Crippen MR) is 82.2 cm³/mol. The summed E-state index contributed by atoms with van der Waals surface area (Å²) in [5, 5.41) is 0. The van der Waals surface area contributed by atoms with Gasteiger partial charge in [0.1, 0.15) is 0 Å². The highest BCUT2D eigenvalue weighted by atomic mass is 16.2. The summed E-state index contributed by atoms with van der Waals surface area (Å²) in [4.78, 5) is 20.4. The Hall–Kier alpha value is -1.29. The Morgan fingerprint density at radius 3 is 2.75 bits per heavy atom. The Bertz CT molecular complexity index is 449. The van der Waals surface area contributed by atoms with Crippen LogP contribution in [0.2, 0.25) is 0 Å². The van der Waals surface area contributed by atoms with Crippen molar-refractivity contribution >= 4 is 5.91 Å². The van der Waals surface area contributed by atoms with Gasteiger partial charge in [0.15, 0.2) is 0 Å². The number of hydrogen-bond acceptors (Lipinski definition) is 2. The van der Waals surface area contributed by atoms with E-state index in [4.69, 9.17) is 0 Å². The van der Waals surface area contributed by atoms with Crippen LogP contribution >= 0.6 is 0 Å². The van der Waals surface area contributed by atoms with Gasteiger partial charge in [0, 0.05) is 31.5 Å². The summed E-state index contributed by atoms with van der Waals surface area (Å²) in [5.41, 5.74) is 3.13.